The highest BCUT2D eigenvalue weighted by molar-refractivity contribution is 7.30. The van der Waals surface area contributed by atoms with Crippen LogP contribution in [0.1, 0.15) is 13.8 Å². The summed E-state index contributed by atoms with van der Waals surface area (Å²) < 4.78 is 13.5. The molecule has 4 nitrogen and oxygen atoms in total. The van der Waals surface area contributed by atoms with E-state index in [1.807, 2.05) is 13.8 Å². The summed E-state index contributed by atoms with van der Waals surface area (Å²) in [5.74, 6) is 0. The summed E-state index contributed by atoms with van der Waals surface area (Å²) in [6.45, 7) is 4.00. The van der Waals surface area contributed by atoms with E-state index in [1.54, 1.807) is 7.11 Å². The SMILES string of the molecule is COC(C)C.O=[P+](O)O. The largest absolute Gasteiger partial charge is 0.692 e. The van der Waals surface area contributed by atoms with Gasteiger partial charge in [-0.15, -0.1) is 9.79 Å². The lowest BCUT2D eigenvalue weighted by Gasteiger charge is -1.94. The van der Waals surface area contributed by atoms with E-state index < -0.39 is 8.25 Å². The molecule has 0 bridgehead atoms. The topological polar surface area (TPSA) is 66.8 Å². The molecule has 0 aromatic rings. The highest BCUT2D eigenvalue weighted by Crippen LogP contribution is 1.98. The van der Waals surface area contributed by atoms with Crippen LogP contribution in [0.5, 0.6) is 0 Å². The first kappa shape index (κ1) is 11.7. The van der Waals surface area contributed by atoms with Gasteiger partial charge in [0.1, 0.15) is 0 Å². The summed E-state index contributed by atoms with van der Waals surface area (Å²) in [6, 6.07) is 0. The molecular formula is C4H12O4P+. The van der Waals surface area contributed by atoms with E-state index in [-0.39, 0.29) is 0 Å². The molecule has 0 spiro atoms. The molecule has 0 fully saturated rings. The van der Waals surface area contributed by atoms with Gasteiger partial charge in [0.25, 0.3) is 0 Å². The zero-order chi connectivity index (χ0) is 7.86. The van der Waals surface area contributed by atoms with Gasteiger partial charge in [-0.1, -0.05) is 0 Å². The molecule has 0 amide bonds. The Labute approximate surface area is 55.4 Å². The van der Waals surface area contributed by atoms with Crippen LogP contribution in [0, 0.1) is 0 Å². The van der Waals surface area contributed by atoms with Crippen LogP contribution in [0.25, 0.3) is 0 Å². The molecule has 0 aromatic heterocycles. The van der Waals surface area contributed by atoms with Crippen molar-refractivity contribution in [1.82, 2.24) is 0 Å². The maximum absolute atomic E-state index is 8.70. The molecular weight excluding hydrogens is 143 g/mol. The van der Waals surface area contributed by atoms with Gasteiger partial charge in [0, 0.05) is 11.7 Å². The minimum atomic E-state index is -2.87. The van der Waals surface area contributed by atoms with Crippen molar-refractivity contribution in [2.24, 2.45) is 0 Å². The summed E-state index contributed by atoms with van der Waals surface area (Å²) in [4.78, 5) is 14.2. The molecule has 9 heavy (non-hydrogen) atoms. The van der Waals surface area contributed by atoms with Crippen LogP contribution in [0.15, 0.2) is 0 Å². The fourth-order valence-electron chi connectivity index (χ4n) is 0. The van der Waals surface area contributed by atoms with Gasteiger partial charge in [-0.05, 0) is 13.8 Å². The molecule has 5 heteroatoms. The standard InChI is InChI=1S/C4H10O.HO3P/c1-4(2)5-3;1-4(2)3/h4H,1-3H3;(H-,1,2,3)/p+1. The minimum absolute atomic E-state index is 0.384. The number of hydrogen-bond acceptors (Lipinski definition) is 2. The lowest BCUT2D eigenvalue weighted by Crippen LogP contribution is -1.94. The maximum Gasteiger partial charge on any atom is 0.692 e. The van der Waals surface area contributed by atoms with Crippen LogP contribution in [-0.2, 0) is 9.30 Å². The number of methoxy groups -OCH3 is 1. The Morgan fingerprint density at radius 1 is 1.44 bits per heavy atom. The smallest absolute Gasteiger partial charge is 0.382 e. The Bertz CT molecular complexity index is 69.0. The molecule has 0 saturated carbocycles. The molecule has 0 unspecified atom stereocenters. The van der Waals surface area contributed by atoms with E-state index in [1.165, 1.54) is 0 Å². The van der Waals surface area contributed by atoms with Gasteiger partial charge < -0.3 is 4.74 Å². The monoisotopic (exact) mass is 155 g/mol. The van der Waals surface area contributed by atoms with Gasteiger partial charge in [-0.2, -0.15) is 0 Å². The minimum Gasteiger partial charge on any atom is -0.382 e. The first-order chi connectivity index (χ1) is 4.00. The van der Waals surface area contributed by atoms with Crippen LogP contribution in [0.2, 0.25) is 0 Å². The molecule has 0 aliphatic heterocycles. The molecule has 0 saturated heterocycles. The zero-order valence-corrected chi connectivity index (χ0v) is 6.63. The Balaban J connectivity index is 0. The van der Waals surface area contributed by atoms with E-state index in [9.17, 15) is 0 Å². The van der Waals surface area contributed by atoms with Crippen LogP contribution < -0.4 is 0 Å². The van der Waals surface area contributed by atoms with E-state index in [0.717, 1.165) is 0 Å². The maximum atomic E-state index is 8.70. The Hall–Kier alpha value is -0.0200. The van der Waals surface area contributed by atoms with Crippen LogP contribution in [0.3, 0.4) is 0 Å². The van der Waals surface area contributed by atoms with Crippen molar-refractivity contribution in [3.8, 4) is 0 Å². The predicted octanol–water partition coefficient (Wildman–Crippen LogP) is 0.670. The number of rotatable bonds is 1. The Kier molecular flexibility index (Phi) is 10.4. The fraction of sp³-hybridized carbons (Fsp3) is 1.00. The Morgan fingerprint density at radius 2 is 1.56 bits per heavy atom. The summed E-state index contributed by atoms with van der Waals surface area (Å²) in [5, 5.41) is 0. The third-order valence-corrected chi connectivity index (χ3v) is 0.471. The second-order valence-electron chi connectivity index (χ2n) is 1.54. The molecule has 0 heterocycles. The molecule has 0 aliphatic rings. The predicted molar refractivity (Wildman–Crippen MR) is 34.2 cm³/mol. The van der Waals surface area contributed by atoms with Crippen LogP contribution in [-0.4, -0.2) is 23.0 Å². The van der Waals surface area contributed by atoms with Crippen molar-refractivity contribution in [3.05, 3.63) is 0 Å². The number of hydrogen-bond donors (Lipinski definition) is 2. The van der Waals surface area contributed by atoms with Gasteiger partial charge in [-0.25, -0.2) is 0 Å². The molecule has 0 atom stereocenters. The molecule has 0 aromatic carbocycles. The third-order valence-electron chi connectivity index (χ3n) is 0.471. The zero-order valence-electron chi connectivity index (χ0n) is 5.74. The molecule has 2 N–H and O–H groups in total. The van der Waals surface area contributed by atoms with Gasteiger partial charge in [-0.3, -0.25) is 0 Å². The van der Waals surface area contributed by atoms with Crippen molar-refractivity contribution in [1.29, 1.82) is 0 Å². The normalized spacial score (nSPS) is 8.22. The summed E-state index contributed by atoms with van der Waals surface area (Å²) >= 11 is 0. The quantitative estimate of drug-likeness (QED) is 0.546. The second-order valence-corrected chi connectivity index (χ2v) is 2.04. The third kappa shape index (κ3) is 72.8. The fourth-order valence-corrected chi connectivity index (χ4v) is 0. The molecule has 0 aliphatic carbocycles. The first-order valence-electron chi connectivity index (χ1n) is 2.38. The van der Waals surface area contributed by atoms with Crippen molar-refractivity contribution < 1.29 is 19.1 Å². The van der Waals surface area contributed by atoms with E-state index in [2.05, 4.69) is 0 Å². The van der Waals surface area contributed by atoms with Gasteiger partial charge in [0.05, 0.1) is 6.10 Å². The lowest BCUT2D eigenvalue weighted by molar-refractivity contribution is 0.134. The lowest BCUT2D eigenvalue weighted by atomic mass is 10.5. The average Bonchev–Trinajstić information content (AvgIpc) is 1.65. The second kappa shape index (κ2) is 7.98. The highest BCUT2D eigenvalue weighted by atomic mass is 31.1. The molecule has 56 valence electrons. The Morgan fingerprint density at radius 3 is 1.56 bits per heavy atom. The van der Waals surface area contributed by atoms with Crippen molar-refractivity contribution in [2.75, 3.05) is 7.11 Å². The summed E-state index contributed by atoms with van der Waals surface area (Å²) in [6.07, 6.45) is 0.384. The van der Waals surface area contributed by atoms with E-state index in [4.69, 9.17) is 19.1 Å². The van der Waals surface area contributed by atoms with Crippen molar-refractivity contribution >= 4 is 8.25 Å². The molecule has 0 rings (SSSR count). The van der Waals surface area contributed by atoms with Gasteiger partial charge in [0.15, 0.2) is 0 Å². The number of ether oxygens (including phenoxy) is 1. The van der Waals surface area contributed by atoms with Crippen molar-refractivity contribution in [3.63, 3.8) is 0 Å². The summed E-state index contributed by atoms with van der Waals surface area (Å²) in [7, 11) is -1.17. The van der Waals surface area contributed by atoms with Crippen molar-refractivity contribution in [2.45, 2.75) is 20.0 Å². The van der Waals surface area contributed by atoms with E-state index >= 15 is 0 Å². The van der Waals surface area contributed by atoms with E-state index in [0.29, 0.717) is 6.10 Å². The van der Waals surface area contributed by atoms with Gasteiger partial charge >= 0.3 is 8.25 Å². The highest BCUT2D eigenvalue weighted by Gasteiger charge is 1.93. The van der Waals surface area contributed by atoms with Crippen LogP contribution >= 0.6 is 8.25 Å². The first-order valence-corrected chi connectivity index (χ1v) is 3.55. The van der Waals surface area contributed by atoms with Crippen LogP contribution in [0.4, 0.5) is 0 Å². The average molecular weight is 155 g/mol. The molecule has 0 radical (unpaired) electrons. The summed E-state index contributed by atoms with van der Waals surface area (Å²) in [5.41, 5.74) is 0. The van der Waals surface area contributed by atoms with Gasteiger partial charge in [0.2, 0.25) is 0 Å².